The van der Waals surface area contributed by atoms with Crippen molar-refractivity contribution < 1.29 is 19.4 Å². The quantitative estimate of drug-likeness (QED) is 0.505. The third kappa shape index (κ3) is 4.66. The predicted molar refractivity (Wildman–Crippen MR) is 121 cm³/mol. The summed E-state index contributed by atoms with van der Waals surface area (Å²) in [6.07, 6.45) is -0.704. The number of carboxylic acid groups (broad SMARTS) is 1. The van der Waals surface area contributed by atoms with E-state index in [-0.39, 0.29) is 32.3 Å². The van der Waals surface area contributed by atoms with Crippen LogP contribution in [0.1, 0.15) is 24.0 Å². The molecule has 4 rings (SSSR count). The van der Waals surface area contributed by atoms with Crippen molar-refractivity contribution in [2.75, 3.05) is 6.61 Å². The normalized spacial score (nSPS) is 14.2. The van der Waals surface area contributed by atoms with Crippen LogP contribution in [0, 0.1) is 0 Å². The van der Waals surface area contributed by atoms with Crippen molar-refractivity contribution in [3.05, 3.63) is 90.0 Å². The standard InChI is InChI=1S/C25H23NO4Se/c1-16(31-17-9-3-2-4-10-17)23(24(27)28)26-25(29)30-15-22-20-13-7-5-11-18(20)19-12-6-8-14-21(19)22/h2-14,16,22-23H,15H2,1H3,(H,26,29)(H,27,28)/t16-,23?/m0/s1. The number of benzene rings is 3. The average molecular weight is 480 g/mol. The Balaban J connectivity index is 1.42. The number of amides is 1. The molecular weight excluding hydrogens is 457 g/mol. The summed E-state index contributed by atoms with van der Waals surface area (Å²) in [6, 6.07) is 24.9. The second kappa shape index (κ2) is 9.38. The zero-order chi connectivity index (χ0) is 21.8. The molecule has 0 aliphatic heterocycles. The molecule has 0 saturated heterocycles. The van der Waals surface area contributed by atoms with Crippen molar-refractivity contribution >= 4 is 31.5 Å². The third-order valence-corrected chi connectivity index (χ3v) is 7.91. The molecule has 0 spiro atoms. The first-order chi connectivity index (χ1) is 15.0. The maximum absolute atomic E-state index is 12.5. The number of carboxylic acids is 1. The molecule has 1 aliphatic carbocycles. The number of ether oxygens (including phenoxy) is 1. The van der Waals surface area contributed by atoms with Crippen molar-refractivity contribution in [1.82, 2.24) is 5.32 Å². The van der Waals surface area contributed by atoms with Gasteiger partial charge < -0.3 is 0 Å². The first-order valence-corrected chi connectivity index (χ1v) is 11.9. The maximum atomic E-state index is 12.5. The van der Waals surface area contributed by atoms with E-state index in [0.717, 1.165) is 26.7 Å². The topological polar surface area (TPSA) is 75.6 Å². The van der Waals surface area contributed by atoms with Gasteiger partial charge in [-0.05, 0) is 0 Å². The summed E-state index contributed by atoms with van der Waals surface area (Å²) in [5, 5.41) is 12.2. The summed E-state index contributed by atoms with van der Waals surface area (Å²) < 4.78 is 6.60. The molecule has 2 atom stereocenters. The van der Waals surface area contributed by atoms with E-state index in [1.54, 1.807) is 0 Å². The van der Waals surface area contributed by atoms with Gasteiger partial charge in [0.15, 0.2) is 0 Å². The van der Waals surface area contributed by atoms with Crippen LogP contribution in [0.5, 0.6) is 0 Å². The number of fused-ring (bicyclic) bond motifs is 3. The van der Waals surface area contributed by atoms with Gasteiger partial charge in [-0.3, -0.25) is 0 Å². The summed E-state index contributed by atoms with van der Waals surface area (Å²) in [5.74, 6) is -1.12. The van der Waals surface area contributed by atoms with E-state index in [0.29, 0.717) is 0 Å². The minimum atomic E-state index is -1.06. The van der Waals surface area contributed by atoms with Crippen LogP contribution in [0.15, 0.2) is 78.9 Å². The van der Waals surface area contributed by atoms with Gasteiger partial charge in [0.05, 0.1) is 0 Å². The van der Waals surface area contributed by atoms with Gasteiger partial charge in [0.25, 0.3) is 0 Å². The minimum absolute atomic E-state index is 0.0626. The fourth-order valence-electron chi connectivity index (χ4n) is 3.93. The summed E-state index contributed by atoms with van der Waals surface area (Å²) >= 11 is -0.0963. The molecule has 0 aromatic heterocycles. The summed E-state index contributed by atoms with van der Waals surface area (Å²) in [4.78, 5) is 24.1. The molecule has 6 heteroatoms. The van der Waals surface area contributed by atoms with Crippen LogP contribution in [-0.2, 0) is 9.53 Å². The Kier molecular flexibility index (Phi) is 6.40. The summed E-state index contributed by atoms with van der Waals surface area (Å²) in [6.45, 7) is 2.00. The number of carbonyl (C=O) groups is 2. The van der Waals surface area contributed by atoms with Gasteiger partial charge in [0.2, 0.25) is 0 Å². The van der Waals surface area contributed by atoms with Gasteiger partial charge in [0, 0.05) is 0 Å². The van der Waals surface area contributed by atoms with Crippen molar-refractivity contribution in [3.8, 4) is 11.1 Å². The Bertz CT molecular complexity index is 1040. The summed E-state index contributed by atoms with van der Waals surface area (Å²) in [5.41, 5.74) is 4.53. The molecule has 0 saturated carbocycles. The van der Waals surface area contributed by atoms with Crippen LogP contribution in [-0.4, -0.2) is 44.8 Å². The molecule has 0 radical (unpaired) electrons. The molecule has 0 bridgehead atoms. The van der Waals surface area contributed by atoms with E-state index < -0.39 is 18.1 Å². The monoisotopic (exact) mass is 481 g/mol. The van der Waals surface area contributed by atoms with Gasteiger partial charge in [-0.1, -0.05) is 0 Å². The van der Waals surface area contributed by atoms with Crippen molar-refractivity contribution in [2.24, 2.45) is 0 Å². The van der Waals surface area contributed by atoms with Crippen LogP contribution in [0.4, 0.5) is 4.79 Å². The fourth-order valence-corrected chi connectivity index (χ4v) is 6.16. The molecule has 1 aliphatic rings. The van der Waals surface area contributed by atoms with E-state index in [1.807, 2.05) is 73.7 Å². The van der Waals surface area contributed by atoms with Gasteiger partial charge in [0.1, 0.15) is 0 Å². The molecule has 0 fully saturated rings. The van der Waals surface area contributed by atoms with E-state index in [2.05, 4.69) is 17.4 Å². The van der Waals surface area contributed by atoms with E-state index in [9.17, 15) is 14.7 Å². The second-order valence-electron chi connectivity index (χ2n) is 7.42. The SMILES string of the molecule is C[C@H]([Se]c1ccccc1)C(NC(=O)OCC1c2ccccc2-c2ccccc21)C(=O)O. The molecule has 3 aromatic rings. The number of nitrogens with one attached hydrogen (secondary N) is 1. The number of carbonyl (C=O) groups excluding carboxylic acids is 1. The Hall–Kier alpha value is -3.08. The molecule has 31 heavy (non-hydrogen) atoms. The molecule has 5 nitrogen and oxygen atoms in total. The van der Waals surface area contributed by atoms with Gasteiger partial charge >= 0.3 is 188 Å². The number of rotatable bonds is 7. The molecule has 3 aromatic carbocycles. The van der Waals surface area contributed by atoms with E-state index in [4.69, 9.17) is 4.74 Å². The van der Waals surface area contributed by atoms with Crippen LogP contribution < -0.4 is 9.78 Å². The zero-order valence-corrected chi connectivity index (χ0v) is 18.7. The van der Waals surface area contributed by atoms with Crippen molar-refractivity contribution in [1.29, 1.82) is 0 Å². The molecular formula is C25H23NO4Se. The average Bonchev–Trinajstić information content (AvgIpc) is 3.10. The third-order valence-electron chi connectivity index (χ3n) is 5.42. The van der Waals surface area contributed by atoms with Crippen LogP contribution in [0.2, 0.25) is 4.82 Å². The van der Waals surface area contributed by atoms with E-state index >= 15 is 0 Å². The Morgan fingerprint density at radius 3 is 2.06 bits per heavy atom. The molecule has 1 amide bonds. The number of aliphatic carboxylic acids is 1. The van der Waals surface area contributed by atoms with Gasteiger partial charge in [-0.25, -0.2) is 0 Å². The summed E-state index contributed by atoms with van der Waals surface area (Å²) in [7, 11) is 0. The van der Waals surface area contributed by atoms with Gasteiger partial charge in [-0.2, -0.15) is 0 Å². The second-order valence-corrected chi connectivity index (χ2v) is 10.5. The van der Waals surface area contributed by atoms with Gasteiger partial charge in [-0.15, -0.1) is 0 Å². The molecule has 2 N–H and O–H groups in total. The van der Waals surface area contributed by atoms with Crippen LogP contribution in [0.25, 0.3) is 11.1 Å². The van der Waals surface area contributed by atoms with E-state index in [1.165, 1.54) is 0 Å². The first kappa shape index (κ1) is 21.2. The number of hydrogen-bond donors (Lipinski definition) is 2. The Morgan fingerprint density at radius 2 is 1.48 bits per heavy atom. The molecule has 1 unspecified atom stereocenters. The predicted octanol–water partition coefficient (Wildman–Crippen LogP) is 3.82. The fraction of sp³-hybridized carbons (Fsp3) is 0.200. The van der Waals surface area contributed by atoms with Crippen LogP contribution in [0.3, 0.4) is 0 Å². The molecule has 0 heterocycles. The van der Waals surface area contributed by atoms with Crippen molar-refractivity contribution in [2.45, 2.75) is 23.7 Å². The van der Waals surface area contributed by atoms with Crippen LogP contribution >= 0.6 is 0 Å². The van der Waals surface area contributed by atoms with Crippen molar-refractivity contribution in [3.63, 3.8) is 0 Å². The number of hydrogen-bond acceptors (Lipinski definition) is 3. The molecule has 158 valence electrons. The Morgan fingerprint density at radius 1 is 0.935 bits per heavy atom. The number of alkyl carbamates (subject to hydrolysis) is 1. The Labute approximate surface area is 187 Å². The zero-order valence-electron chi connectivity index (χ0n) is 17.0. The first-order valence-electron chi connectivity index (χ1n) is 10.1.